The molecule has 94 valence electrons. The summed E-state index contributed by atoms with van der Waals surface area (Å²) in [7, 11) is 0. The van der Waals surface area contributed by atoms with Crippen molar-refractivity contribution in [3.63, 3.8) is 0 Å². The molecule has 0 aromatic heterocycles. The van der Waals surface area contributed by atoms with Gasteiger partial charge >= 0.3 is 0 Å². The fraction of sp³-hybridized carbons (Fsp3) is 0.600. The molecule has 0 saturated carbocycles. The van der Waals surface area contributed by atoms with Gasteiger partial charge in [0.25, 0.3) is 0 Å². The van der Waals surface area contributed by atoms with Crippen LogP contribution in [0.3, 0.4) is 0 Å². The maximum absolute atomic E-state index is 9.57. The molecule has 0 amide bonds. The third-order valence-corrected chi connectivity index (χ3v) is 3.89. The zero-order valence-corrected chi connectivity index (χ0v) is 10.7. The van der Waals surface area contributed by atoms with E-state index in [0.29, 0.717) is 6.04 Å². The van der Waals surface area contributed by atoms with Crippen molar-refractivity contribution in [3.8, 4) is 0 Å². The molecule has 1 aliphatic rings. The van der Waals surface area contributed by atoms with Crippen molar-refractivity contribution in [2.75, 3.05) is 19.7 Å². The van der Waals surface area contributed by atoms with E-state index >= 15 is 0 Å². The maximum atomic E-state index is 9.57. The second kappa shape index (κ2) is 6.18. The monoisotopic (exact) mass is 233 g/mol. The number of likely N-dealkylation sites (tertiary alicyclic amines) is 1. The molecule has 1 aromatic carbocycles. The van der Waals surface area contributed by atoms with Gasteiger partial charge in [-0.1, -0.05) is 36.8 Å². The van der Waals surface area contributed by atoms with Crippen LogP contribution in [-0.4, -0.2) is 35.7 Å². The molecule has 1 fully saturated rings. The van der Waals surface area contributed by atoms with Crippen LogP contribution in [0.5, 0.6) is 0 Å². The first-order valence-electron chi connectivity index (χ1n) is 6.71. The van der Waals surface area contributed by atoms with Crippen molar-refractivity contribution >= 4 is 0 Å². The molecule has 2 atom stereocenters. The third-order valence-electron chi connectivity index (χ3n) is 3.89. The second-order valence-electron chi connectivity index (χ2n) is 5.13. The number of hydrogen-bond acceptors (Lipinski definition) is 2. The lowest BCUT2D eigenvalue weighted by molar-refractivity contribution is 0.132. The Balaban J connectivity index is 1.99. The van der Waals surface area contributed by atoms with Crippen LogP contribution in [0, 0.1) is 0 Å². The van der Waals surface area contributed by atoms with E-state index in [2.05, 4.69) is 36.1 Å². The topological polar surface area (TPSA) is 23.5 Å². The van der Waals surface area contributed by atoms with Crippen molar-refractivity contribution in [1.29, 1.82) is 0 Å². The summed E-state index contributed by atoms with van der Waals surface area (Å²) in [6.07, 6.45) is 3.96. The molecule has 1 aliphatic heterocycles. The van der Waals surface area contributed by atoms with Crippen molar-refractivity contribution in [1.82, 2.24) is 4.90 Å². The Morgan fingerprint density at radius 2 is 2.06 bits per heavy atom. The zero-order chi connectivity index (χ0) is 12.1. The molecule has 0 bridgehead atoms. The van der Waals surface area contributed by atoms with E-state index in [9.17, 15) is 5.11 Å². The number of piperidine rings is 1. The molecule has 1 heterocycles. The average molecular weight is 233 g/mol. The van der Waals surface area contributed by atoms with Gasteiger partial charge in [-0.2, -0.15) is 0 Å². The second-order valence-corrected chi connectivity index (χ2v) is 5.13. The molecule has 1 N–H and O–H groups in total. The highest BCUT2D eigenvalue weighted by Crippen LogP contribution is 2.22. The van der Waals surface area contributed by atoms with E-state index in [1.807, 2.05) is 6.07 Å². The van der Waals surface area contributed by atoms with E-state index in [0.717, 1.165) is 6.54 Å². The molecule has 0 aliphatic carbocycles. The Kier molecular flexibility index (Phi) is 4.57. The number of hydrogen-bond donors (Lipinski definition) is 1. The van der Waals surface area contributed by atoms with Crippen LogP contribution in [0.15, 0.2) is 30.3 Å². The maximum Gasteiger partial charge on any atom is 0.0512 e. The van der Waals surface area contributed by atoms with Crippen molar-refractivity contribution in [2.24, 2.45) is 0 Å². The van der Waals surface area contributed by atoms with Gasteiger partial charge in [-0.25, -0.2) is 0 Å². The summed E-state index contributed by atoms with van der Waals surface area (Å²) in [6, 6.07) is 11.0. The van der Waals surface area contributed by atoms with Gasteiger partial charge in [0.05, 0.1) is 6.61 Å². The van der Waals surface area contributed by atoms with E-state index in [1.54, 1.807) is 0 Å². The summed E-state index contributed by atoms with van der Waals surface area (Å²) in [6.45, 7) is 4.72. The molecule has 2 heteroatoms. The Bertz CT molecular complexity index is 325. The number of rotatable bonds is 4. The summed E-state index contributed by atoms with van der Waals surface area (Å²) >= 11 is 0. The number of benzene rings is 1. The minimum Gasteiger partial charge on any atom is -0.396 e. The van der Waals surface area contributed by atoms with Gasteiger partial charge in [0.1, 0.15) is 0 Å². The molecule has 17 heavy (non-hydrogen) atoms. The van der Waals surface area contributed by atoms with Crippen LogP contribution in [0.2, 0.25) is 0 Å². The smallest absolute Gasteiger partial charge is 0.0512 e. The summed E-state index contributed by atoms with van der Waals surface area (Å²) < 4.78 is 0. The molecule has 0 radical (unpaired) electrons. The standard InChI is InChI=1S/C15H23NO/c1-13-7-5-6-10-16(13)11-15(12-17)14-8-3-2-4-9-14/h2-4,8-9,13,15,17H,5-7,10-12H2,1H3/t13-,15+/m1/s1. The summed E-state index contributed by atoms with van der Waals surface area (Å²) in [5, 5.41) is 9.57. The number of aliphatic hydroxyl groups is 1. The average Bonchev–Trinajstić information content (AvgIpc) is 2.39. The minimum atomic E-state index is 0.243. The van der Waals surface area contributed by atoms with E-state index in [-0.39, 0.29) is 12.5 Å². The molecule has 1 saturated heterocycles. The Labute approximate surface area is 104 Å². The van der Waals surface area contributed by atoms with Gasteiger partial charge in [-0.3, -0.25) is 4.90 Å². The van der Waals surface area contributed by atoms with Crippen LogP contribution in [0.4, 0.5) is 0 Å². The van der Waals surface area contributed by atoms with Crippen molar-refractivity contribution < 1.29 is 5.11 Å². The summed E-state index contributed by atoms with van der Waals surface area (Å²) in [4.78, 5) is 2.53. The van der Waals surface area contributed by atoms with Gasteiger partial charge < -0.3 is 5.11 Å². The largest absolute Gasteiger partial charge is 0.396 e. The first-order chi connectivity index (χ1) is 8.31. The normalized spacial score (nSPS) is 23.5. The molecule has 0 spiro atoms. The number of nitrogens with zero attached hydrogens (tertiary/aromatic N) is 1. The molecule has 1 aromatic rings. The predicted molar refractivity (Wildman–Crippen MR) is 71.2 cm³/mol. The highest BCUT2D eigenvalue weighted by molar-refractivity contribution is 5.20. The third kappa shape index (κ3) is 3.30. The predicted octanol–water partition coefficient (Wildman–Crippen LogP) is 2.64. The van der Waals surface area contributed by atoms with Crippen LogP contribution < -0.4 is 0 Å². The Morgan fingerprint density at radius 1 is 1.29 bits per heavy atom. The van der Waals surface area contributed by atoms with Gasteiger partial charge in [-0.15, -0.1) is 0 Å². The first-order valence-corrected chi connectivity index (χ1v) is 6.71. The molecule has 2 rings (SSSR count). The molecule has 2 nitrogen and oxygen atoms in total. The highest BCUT2D eigenvalue weighted by Gasteiger charge is 2.22. The van der Waals surface area contributed by atoms with Crippen LogP contribution in [0.25, 0.3) is 0 Å². The lowest BCUT2D eigenvalue weighted by Crippen LogP contribution is -2.40. The summed E-state index contributed by atoms with van der Waals surface area (Å²) in [5.74, 6) is 0.261. The Hall–Kier alpha value is -0.860. The fourth-order valence-corrected chi connectivity index (χ4v) is 2.71. The van der Waals surface area contributed by atoms with E-state index in [1.165, 1.54) is 31.4 Å². The first kappa shape index (κ1) is 12.6. The molecular weight excluding hydrogens is 210 g/mol. The lowest BCUT2D eigenvalue weighted by Gasteiger charge is -2.35. The highest BCUT2D eigenvalue weighted by atomic mass is 16.3. The minimum absolute atomic E-state index is 0.243. The van der Waals surface area contributed by atoms with Crippen LogP contribution in [0.1, 0.15) is 37.7 Å². The zero-order valence-electron chi connectivity index (χ0n) is 10.7. The SMILES string of the molecule is C[C@@H]1CCCCN1C[C@@H](CO)c1ccccc1. The lowest BCUT2D eigenvalue weighted by atomic mass is 9.96. The van der Waals surface area contributed by atoms with Crippen molar-refractivity contribution in [3.05, 3.63) is 35.9 Å². The van der Waals surface area contributed by atoms with Gasteiger partial charge in [0, 0.05) is 18.5 Å². The Morgan fingerprint density at radius 3 is 2.71 bits per heavy atom. The molecule has 0 unspecified atom stereocenters. The van der Waals surface area contributed by atoms with E-state index in [4.69, 9.17) is 0 Å². The van der Waals surface area contributed by atoms with Gasteiger partial charge in [-0.05, 0) is 31.9 Å². The van der Waals surface area contributed by atoms with Crippen LogP contribution in [-0.2, 0) is 0 Å². The molecular formula is C15H23NO. The van der Waals surface area contributed by atoms with Gasteiger partial charge in [0.2, 0.25) is 0 Å². The fourth-order valence-electron chi connectivity index (χ4n) is 2.71. The van der Waals surface area contributed by atoms with Gasteiger partial charge in [0.15, 0.2) is 0 Å². The van der Waals surface area contributed by atoms with Crippen molar-refractivity contribution in [2.45, 2.75) is 38.1 Å². The number of aliphatic hydroxyl groups excluding tert-OH is 1. The van der Waals surface area contributed by atoms with Crippen LogP contribution >= 0.6 is 0 Å². The summed E-state index contributed by atoms with van der Waals surface area (Å²) in [5.41, 5.74) is 1.26. The quantitative estimate of drug-likeness (QED) is 0.864. The van der Waals surface area contributed by atoms with E-state index < -0.39 is 0 Å².